The van der Waals surface area contributed by atoms with Crippen LogP contribution < -0.4 is 10.0 Å². The molecule has 0 aromatic heterocycles. The Kier molecular flexibility index (Phi) is 6.76. The van der Waals surface area contributed by atoms with Crippen LogP contribution in [0.15, 0.2) is 0 Å². The predicted molar refractivity (Wildman–Crippen MR) is 75.5 cm³/mol. The maximum Gasteiger partial charge on any atom is 0.212 e. The van der Waals surface area contributed by atoms with Gasteiger partial charge in [0.1, 0.15) is 0 Å². The fourth-order valence-electron chi connectivity index (χ4n) is 2.13. The number of nitrogens with one attached hydrogen (secondary N) is 2. The molecule has 18 heavy (non-hydrogen) atoms. The van der Waals surface area contributed by atoms with Crippen molar-refractivity contribution in [1.29, 1.82) is 0 Å². The van der Waals surface area contributed by atoms with Crippen molar-refractivity contribution in [1.82, 2.24) is 10.0 Å². The average molecular weight is 296 g/mol. The molecule has 3 unspecified atom stereocenters. The molecule has 3 atom stereocenters. The van der Waals surface area contributed by atoms with Gasteiger partial charge in [-0.05, 0) is 45.2 Å². The van der Waals surface area contributed by atoms with E-state index in [0.717, 1.165) is 25.9 Å². The maximum atomic E-state index is 11.9. The van der Waals surface area contributed by atoms with Gasteiger partial charge in [-0.1, -0.05) is 0 Å². The summed E-state index contributed by atoms with van der Waals surface area (Å²) in [5, 5.41) is 3.22. The summed E-state index contributed by atoms with van der Waals surface area (Å²) in [5.74, 6) is 0.942. The van der Waals surface area contributed by atoms with Crippen molar-refractivity contribution >= 4 is 20.8 Å². The van der Waals surface area contributed by atoms with Gasteiger partial charge in [0.25, 0.3) is 0 Å². The molecule has 108 valence electrons. The van der Waals surface area contributed by atoms with Crippen LogP contribution in [-0.2, 0) is 20.8 Å². The monoisotopic (exact) mass is 296 g/mol. The minimum Gasteiger partial charge on any atom is -0.316 e. The summed E-state index contributed by atoms with van der Waals surface area (Å²) in [6.07, 6.45) is 4.27. The van der Waals surface area contributed by atoms with E-state index in [0.29, 0.717) is 12.2 Å². The Morgan fingerprint density at radius 3 is 2.78 bits per heavy atom. The van der Waals surface area contributed by atoms with Gasteiger partial charge in [-0.2, -0.15) is 0 Å². The molecule has 0 bridgehead atoms. The van der Waals surface area contributed by atoms with Crippen LogP contribution in [-0.4, -0.2) is 49.5 Å². The fraction of sp³-hybridized carbons (Fsp3) is 1.00. The van der Waals surface area contributed by atoms with Gasteiger partial charge in [-0.15, -0.1) is 0 Å². The first kappa shape index (κ1) is 16.1. The lowest BCUT2D eigenvalue weighted by atomic mass is 10.0. The molecule has 5 nitrogen and oxygen atoms in total. The molecule has 1 fully saturated rings. The summed E-state index contributed by atoms with van der Waals surface area (Å²) in [5.41, 5.74) is 0. The highest BCUT2D eigenvalue weighted by Gasteiger charge is 2.22. The normalized spacial score (nSPS) is 24.7. The van der Waals surface area contributed by atoms with Crippen LogP contribution in [0.1, 0.15) is 26.2 Å². The Balaban J connectivity index is 2.35. The van der Waals surface area contributed by atoms with E-state index < -0.39 is 20.8 Å². The number of rotatable bonds is 7. The van der Waals surface area contributed by atoms with E-state index in [4.69, 9.17) is 0 Å². The van der Waals surface area contributed by atoms with Crippen LogP contribution in [0.2, 0.25) is 0 Å². The third-order valence-electron chi connectivity index (χ3n) is 3.07. The van der Waals surface area contributed by atoms with Gasteiger partial charge in [0.15, 0.2) is 0 Å². The number of piperidine rings is 1. The first-order valence-corrected chi connectivity index (χ1v) is 9.78. The van der Waals surface area contributed by atoms with Crippen LogP contribution in [0.3, 0.4) is 0 Å². The van der Waals surface area contributed by atoms with E-state index in [-0.39, 0.29) is 17.7 Å². The van der Waals surface area contributed by atoms with Crippen LogP contribution in [0.5, 0.6) is 0 Å². The predicted octanol–water partition coefficient (Wildman–Crippen LogP) is 0.0625. The molecular formula is C11H24N2O3S2. The van der Waals surface area contributed by atoms with Gasteiger partial charge in [-0.25, -0.2) is 13.1 Å². The Hall–Kier alpha value is 0.0200. The summed E-state index contributed by atoms with van der Waals surface area (Å²) in [7, 11) is -4.08. The maximum absolute atomic E-state index is 11.9. The van der Waals surface area contributed by atoms with Crippen molar-refractivity contribution in [2.24, 2.45) is 5.92 Å². The molecule has 1 aliphatic rings. The first-order chi connectivity index (χ1) is 8.39. The van der Waals surface area contributed by atoms with Gasteiger partial charge >= 0.3 is 0 Å². The largest absolute Gasteiger partial charge is 0.316 e. The molecule has 0 radical (unpaired) electrons. The van der Waals surface area contributed by atoms with Gasteiger partial charge in [0.05, 0.1) is 5.75 Å². The van der Waals surface area contributed by atoms with Gasteiger partial charge in [0, 0.05) is 28.9 Å². The average Bonchev–Trinajstić information content (AvgIpc) is 2.26. The smallest absolute Gasteiger partial charge is 0.212 e. The molecule has 0 aromatic carbocycles. The molecule has 0 spiro atoms. The van der Waals surface area contributed by atoms with Crippen LogP contribution >= 0.6 is 0 Å². The summed E-state index contributed by atoms with van der Waals surface area (Å²) in [6.45, 7) is 3.60. The van der Waals surface area contributed by atoms with Crippen LogP contribution in [0, 0.1) is 5.92 Å². The minimum absolute atomic E-state index is 0.143. The SMILES string of the molecule is CC(CCS(C)=O)NS(=O)(=O)CC1CCCNC1. The fourth-order valence-corrected chi connectivity index (χ4v) is 4.55. The Labute approximate surface area is 113 Å². The zero-order valence-corrected chi connectivity index (χ0v) is 12.8. The quantitative estimate of drug-likeness (QED) is 0.697. The number of hydrogen-bond donors (Lipinski definition) is 2. The van der Waals surface area contributed by atoms with E-state index in [9.17, 15) is 12.6 Å². The lowest BCUT2D eigenvalue weighted by Gasteiger charge is -2.23. The molecule has 0 aliphatic carbocycles. The zero-order chi connectivity index (χ0) is 13.6. The molecule has 7 heteroatoms. The molecule has 1 rings (SSSR count). The molecule has 0 aromatic rings. The molecule has 2 N–H and O–H groups in total. The van der Waals surface area contributed by atoms with Crippen molar-refractivity contribution < 1.29 is 12.6 Å². The van der Waals surface area contributed by atoms with Gasteiger partial charge < -0.3 is 5.32 Å². The first-order valence-electron chi connectivity index (χ1n) is 6.40. The highest BCUT2D eigenvalue weighted by atomic mass is 32.2. The summed E-state index contributed by atoms with van der Waals surface area (Å²) < 4.78 is 37.5. The van der Waals surface area contributed by atoms with Gasteiger partial charge in [0.2, 0.25) is 10.0 Å². The highest BCUT2D eigenvalue weighted by molar-refractivity contribution is 7.89. The van der Waals surface area contributed by atoms with Crippen molar-refractivity contribution in [3.05, 3.63) is 0 Å². The molecule has 1 aliphatic heterocycles. The zero-order valence-electron chi connectivity index (χ0n) is 11.1. The second-order valence-corrected chi connectivity index (χ2v) is 8.43. The minimum atomic E-state index is -3.22. The third-order valence-corrected chi connectivity index (χ3v) is 5.56. The molecular weight excluding hydrogens is 272 g/mol. The topological polar surface area (TPSA) is 75.3 Å². The van der Waals surface area contributed by atoms with E-state index in [1.165, 1.54) is 0 Å². The highest BCUT2D eigenvalue weighted by Crippen LogP contribution is 2.12. The second kappa shape index (κ2) is 7.57. The molecule has 0 saturated carbocycles. The Morgan fingerprint density at radius 1 is 1.50 bits per heavy atom. The number of sulfonamides is 1. The lowest BCUT2D eigenvalue weighted by Crippen LogP contribution is -2.40. The summed E-state index contributed by atoms with van der Waals surface area (Å²) in [6, 6.07) is -0.143. The Morgan fingerprint density at radius 2 is 2.22 bits per heavy atom. The summed E-state index contributed by atoms with van der Waals surface area (Å²) in [4.78, 5) is 0. The summed E-state index contributed by atoms with van der Waals surface area (Å²) >= 11 is 0. The molecule has 0 amide bonds. The van der Waals surface area contributed by atoms with Crippen molar-refractivity contribution in [2.75, 3.05) is 30.9 Å². The Bertz CT molecular complexity index is 364. The van der Waals surface area contributed by atoms with Crippen molar-refractivity contribution in [3.8, 4) is 0 Å². The van der Waals surface area contributed by atoms with Crippen LogP contribution in [0.4, 0.5) is 0 Å². The molecule has 1 heterocycles. The van der Waals surface area contributed by atoms with E-state index in [2.05, 4.69) is 10.0 Å². The third kappa shape index (κ3) is 6.82. The van der Waals surface area contributed by atoms with E-state index >= 15 is 0 Å². The lowest BCUT2D eigenvalue weighted by molar-refractivity contribution is 0.402. The second-order valence-electron chi connectivity index (χ2n) is 5.08. The van der Waals surface area contributed by atoms with Gasteiger partial charge in [-0.3, -0.25) is 4.21 Å². The van der Waals surface area contributed by atoms with E-state index in [1.54, 1.807) is 6.26 Å². The van der Waals surface area contributed by atoms with Crippen LogP contribution in [0.25, 0.3) is 0 Å². The standard InChI is InChI=1S/C11H24N2O3S2/c1-10(5-7-17(2)14)13-18(15,16)9-11-4-3-6-12-8-11/h10-13H,3-9H2,1-2H3. The molecule has 1 saturated heterocycles. The number of hydrogen-bond acceptors (Lipinski definition) is 4. The van der Waals surface area contributed by atoms with E-state index in [1.807, 2.05) is 6.92 Å². The van der Waals surface area contributed by atoms with Crippen molar-refractivity contribution in [3.63, 3.8) is 0 Å². The van der Waals surface area contributed by atoms with Crippen molar-refractivity contribution in [2.45, 2.75) is 32.2 Å².